The molecule has 0 aromatic rings. The van der Waals surface area contributed by atoms with Crippen molar-refractivity contribution in [3.05, 3.63) is 0 Å². The van der Waals surface area contributed by atoms with Crippen molar-refractivity contribution in [3.8, 4) is 0 Å². The van der Waals surface area contributed by atoms with Crippen LogP contribution in [0.3, 0.4) is 0 Å². The molecule has 1 fully saturated rings. The van der Waals surface area contributed by atoms with Crippen molar-refractivity contribution >= 4 is 11.6 Å². The summed E-state index contributed by atoms with van der Waals surface area (Å²) in [4.78, 5) is 1.94. The minimum atomic E-state index is -4.51. The first kappa shape index (κ1) is 12.1. The monoisotopic (exact) mass is 231 g/mol. The van der Waals surface area contributed by atoms with Crippen LogP contribution in [0.2, 0.25) is 0 Å². The number of piperidine rings is 1. The van der Waals surface area contributed by atoms with E-state index in [1.165, 1.54) is 0 Å². The summed E-state index contributed by atoms with van der Waals surface area (Å²) in [6.45, 7) is 1.55. The SMILES string of the molecule is FC(F)(F)OCCN1CCC(Cl)CC1. The number of rotatable bonds is 3. The number of halogens is 4. The van der Waals surface area contributed by atoms with Gasteiger partial charge < -0.3 is 4.90 Å². The number of hydrogen-bond donors (Lipinski definition) is 0. The van der Waals surface area contributed by atoms with Gasteiger partial charge in [-0.2, -0.15) is 0 Å². The Kier molecular flexibility index (Phi) is 4.47. The van der Waals surface area contributed by atoms with Crippen molar-refractivity contribution in [1.29, 1.82) is 0 Å². The maximum Gasteiger partial charge on any atom is 0.522 e. The van der Waals surface area contributed by atoms with E-state index in [0.29, 0.717) is 6.54 Å². The van der Waals surface area contributed by atoms with E-state index >= 15 is 0 Å². The van der Waals surface area contributed by atoms with E-state index in [0.717, 1.165) is 25.9 Å². The van der Waals surface area contributed by atoms with Gasteiger partial charge >= 0.3 is 6.36 Å². The van der Waals surface area contributed by atoms with Crippen LogP contribution in [0, 0.1) is 0 Å². The highest BCUT2D eigenvalue weighted by Crippen LogP contribution is 2.17. The van der Waals surface area contributed by atoms with Crippen LogP contribution in [0.5, 0.6) is 0 Å². The highest BCUT2D eigenvalue weighted by atomic mass is 35.5. The fourth-order valence-corrected chi connectivity index (χ4v) is 1.61. The number of likely N-dealkylation sites (tertiary alicyclic amines) is 1. The molecule has 84 valence electrons. The first-order valence-electron chi connectivity index (χ1n) is 4.54. The Morgan fingerprint density at radius 3 is 2.36 bits per heavy atom. The molecule has 1 heterocycles. The van der Waals surface area contributed by atoms with Crippen molar-refractivity contribution in [2.24, 2.45) is 0 Å². The Balaban J connectivity index is 2.08. The Morgan fingerprint density at radius 1 is 1.29 bits per heavy atom. The summed E-state index contributed by atoms with van der Waals surface area (Å²) in [5.41, 5.74) is 0. The van der Waals surface area contributed by atoms with Crippen LogP contribution in [-0.2, 0) is 4.74 Å². The Hall–Kier alpha value is 0. The summed E-state index contributed by atoms with van der Waals surface area (Å²) in [7, 11) is 0. The van der Waals surface area contributed by atoms with Gasteiger partial charge in [0, 0.05) is 11.9 Å². The van der Waals surface area contributed by atoms with Gasteiger partial charge in [-0.05, 0) is 25.9 Å². The molecule has 1 aliphatic rings. The molecule has 0 N–H and O–H groups in total. The molecule has 0 saturated carbocycles. The molecule has 0 amide bonds. The van der Waals surface area contributed by atoms with E-state index in [1.807, 2.05) is 4.90 Å². The van der Waals surface area contributed by atoms with Gasteiger partial charge in [-0.3, -0.25) is 4.74 Å². The molecule has 0 atom stereocenters. The van der Waals surface area contributed by atoms with Gasteiger partial charge in [-0.15, -0.1) is 24.8 Å². The zero-order valence-corrected chi connectivity index (χ0v) is 8.44. The molecular weight excluding hydrogens is 219 g/mol. The van der Waals surface area contributed by atoms with Crippen LogP contribution in [0.1, 0.15) is 12.8 Å². The summed E-state index contributed by atoms with van der Waals surface area (Å²) in [6, 6.07) is 0. The molecule has 14 heavy (non-hydrogen) atoms. The molecule has 1 saturated heterocycles. The van der Waals surface area contributed by atoms with Crippen molar-refractivity contribution in [2.45, 2.75) is 24.6 Å². The molecule has 1 aliphatic heterocycles. The zero-order chi connectivity index (χ0) is 10.6. The van der Waals surface area contributed by atoms with E-state index < -0.39 is 6.36 Å². The second-order valence-corrected chi connectivity index (χ2v) is 3.93. The van der Waals surface area contributed by atoms with Crippen LogP contribution in [0.4, 0.5) is 13.2 Å². The summed E-state index contributed by atoms with van der Waals surface area (Å²) in [5.74, 6) is 0. The topological polar surface area (TPSA) is 12.5 Å². The quantitative estimate of drug-likeness (QED) is 0.691. The average Bonchev–Trinajstić information content (AvgIpc) is 2.06. The van der Waals surface area contributed by atoms with Crippen LogP contribution in [-0.4, -0.2) is 42.9 Å². The first-order valence-corrected chi connectivity index (χ1v) is 4.98. The lowest BCUT2D eigenvalue weighted by Gasteiger charge is -2.28. The van der Waals surface area contributed by atoms with Crippen molar-refractivity contribution in [2.75, 3.05) is 26.2 Å². The minimum absolute atomic E-state index is 0.176. The number of ether oxygens (including phenoxy) is 1. The summed E-state index contributed by atoms with van der Waals surface area (Å²) in [5, 5.41) is 0.176. The number of nitrogens with zero attached hydrogens (tertiary/aromatic N) is 1. The van der Waals surface area contributed by atoms with Gasteiger partial charge in [-0.1, -0.05) is 0 Å². The Morgan fingerprint density at radius 2 is 1.86 bits per heavy atom. The van der Waals surface area contributed by atoms with Crippen molar-refractivity contribution in [3.63, 3.8) is 0 Å². The normalized spacial score (nSPS) is 21.4. The Labute approximate surface area is 86.0 Å². The van der Waals surface area contributed by atoms with Gasteiger partial charge in [0.25, 0.3) is 0 Å². The first-order chi connectivity index (χ1) is 6.47. The van der Waals surface area contributed by atoms with Gasteiger partial charge in [0.2, 0.25) is 0 Å². The van der Waals surface area contributed by atoms with Gasteiger partial charge in [0.1, 0.15) is 0 Å². The summed E-state index contributed by atoms with van der Waals surface area (Å²) < 4.78 is 38.5. The summed E-state index contributed by atoms with van der Waals surface area (Å²) >= 11 is 5.85. The fraction of sp³-hybridized carbons (Fsp3) is 1.00. The molecule has 0 aliphatic carbocycles. The lowest BCUT2D eigenvalue weighted by molar-refractivity contribution is -0.325. The largest absolute Gasteiger partial charge is 0.522 e. The molecule has 0 radical (unpaired) electrons. The van der Waals surface area contributed by atoms with Crippen LogP contribution in [0.25, 0.3) is 0 Å². The molecule has 1 rings (SSSR count). The van der Waals surface area contributed by atoms with Gasteiger partial charge in [-0.25, -0.2) is 0 Å². The zero-order valence-electron chi connectivity index (χ0n) is 7.69. The van der Waals surface area contributed by atoms with Crippen molar-refractivity contribution < 1.29 is 17.9 Å². The third kappa shape index (κ3) is 5.02. The summed E-state index contributed by atoms with van der Waals surface area (Å²) in [6.07, 6.45) is -2.83. The maximum absolute atomic E-state index is 11.6. The lowest BCUT2D eigenvalue weighted by atomic mass is 10.1. The minimum Gasteiger partial charge on any atom is -0.301 e. The average molecular weight is 232 g/mol. The van der Waals surface area contributed by atoms with E-state index in [1.54, 1.807) is 0 Å². The van der Waals surface area contributed by atoms with E-state index in [9.17, 15) is 13.2 Å². The fourth-order valence-electron chi connectivity index (χ4n) is 1.42. The molecule has 0 bridgehead atoms. The second kappa shape index (κ2) is 5.19. The Bertz CT molecular complexity index is 168. The molecule has 2 nitrogen and oxygen atoms in total. The number of hydrogen-bond acceptors (Lipinski definition) is 2. The standard InChI is InChI=1S/C8H13ClF3NO/c9-7-1-3-13(4-2-7)5-6-14-8(10,11)12/h7H,1-6H2. The van der Waals surface area contributed by atoms with Crippen LogP contribution in [0.15, 0.2) is 0 Å². The highest BCUT2D eigenvalue weighted by molar-refractivity contribution is 6.20. The third-order valence-electron chi connectivity index (χ3n) is 2.19. The molecule has 0 spiro atoms. The van der Waals surface area contributed by atoms with E-state index in [2.05, 4.69) is 4.74 Å². The van der Waals surface area contributed by atoms with Crippen LogP contribution < -0.4 is 0 Å². The maximum atomic E-state index is 11.6. The van der Waals surface area contributed by atoms with E-state index in [-0.39, 0.29) is 12.0 Å². The smallest absolute Gasteiger partial charge is 0.301 e. The molecular formula is C8H13ClF3NO. The predicted molar refractivity (Wildman–Crippen MR) is 47.3 cm³/mol. The molecule has 0 aromatic carbocycles. The third-order valence-corrected chi connectivity index (χ3v) is 2.63. The number of alkyl halides is 4. The predicted octanol–water partition coefficient (Wildman–Crippen LogP) is 2.23. The van der Waals surface area contributed by atoms with Gasteiger partial charge in [0.15, 0.2) is 0 Å². The van der Waals surface area contributed by atoms with Crippen molar-refractivity contribution in [1.82, 2.24) is 4.90 Å². The molecule has 0 unspecified atom stereocenters. The molecule has 0 aromatic heterocycles. The molecule has 6 heteroatoms. The van der Waals surface area contributed by atoms with Gasteiger partial charge in [0.05, 0.1) is 6.61 Å². The highest BCUT2D eigenvalue weighted by Gasteiger charge is 2.29. The second-order valence-electron chi connectivity index (χ2n) is 3.31. The lowest BCUT2D eigenvalue weighted by Crippen LogP contribution is -2.37. The van der Waals surface area contributed by atoms with E-state index in [4.69, 9.17) is 11.6 Å². The van der Waals surface area contributed by atoms with Crippen LogP contribution >= 0.6 is 11.6 Å².